The highest BCUT2D eigenvalue weighted by Crippen LogP contribution is 2.42. The van der Waals surface area contributed by atoms with Gasteiger partial charge >= 0.3 is 0 Å². The van der Waals surface area contributed by atoms with Crippen molar-refractivity contribution in [3.63, 3.8) is 0 Å². The van der Waals surface area contributed by atoms with Crippen molar-refractivity contribution in [1.29, 1.82) is 0 Å². The van der Waals surface area contributed by atoms with Crippen molar-refractivity contribution < 1.29 is 14.0 Å². The molecule has 2 heterocycles. The molecule has 0 radical (unpaired) electrons. The third-order valence-electron chi connectivity index (χ3n) is 6.66. The molecule has 1 aliphatic rings. The quantitative estimate of drug-likeness (QED) is 0.251. The lowest BCUT2D eigenvalue weighted by molar-refractivity contribution is -0.119. The van der Waals surface area contributed by atoms with Gasteiger partial charge < -0.3 is 9.47 Å². The van der Waals surface area contributed by atoms with E-state index in [4.69, 9.17) is 0 Å². The summed E-state index contributed by atoms with van der Waals surface area (Å²) in [6.07, 6.45) is 3.66. The van der Waals surface area contributed by atoms with Crippen molar-refractivity contribution in [2.75, 3.05) is 18.0 Å². The monoisotopic (exact) mass is 559 g/mol. The predicted octanol–water partition coefficient (Wildman–Crippen LogP) is 6.76. The highest BCUT2D eigenvalue weighted by atomic mass is 79.9. The number of amides is 2. The van der Waals surface area contributed by atoms with Crippen LogP contribution in [0.4, 0.5) is 10.1 Å². The molecule has 7 heteroatoms. The van der Waals surface area contributed by atoms with Gasteiger partial charge in [0.25, 0.3) is 5.91 Å². The number of para-hydroxylation sites is 2. The number of nitrogens with zero attached hydrogens (tertiary/aromatic N) is 3. The number of hydrogen-bond acceptors (Lipinski definition) is 2. The zero-order valence-corrected chi connectivity index (χ0v) is 22.1. The van der Waals surface area contributed by atoms with Crippen molar-refractivity contribution in [1.82, 2.24) is 9.47 Å². The molecule has 1 unspecified atom stereocenters. The van der Waals surface area contributed by atoms with E-state index in [9.17, 15) is 14.0 Å². The number of fused-ring (bicyclic) bond motifs is 3. The Bertz CT molecular complexity index is 1420. The van der Waals surface area contributed by atoms with E-state index >= 15 is 0 Å². The third kappa shape index (κ3) is 4.96. The van der Waals surface area contributed by atoms with Crippen molar-refractivity contribution in [3.05, 3.63) is 118 Å². The molecule has 0 saturated heterocycles. The lowest BCUT2D eigenvalue weighted by atomic mass is 9.97. The van der Waals surface area contributed by atoms with Crippen LogP contribution in [0.2, 0.25) is 0 Å². The van der Waals surface area contributed by atoms with E-state index in [2.05, 4.69) is 27.4 Å². The van der Waals surface area contributed by atoms with Crippen LogP contribution in [0.1, 0.15) is 47.4 Å². The second kappa shape index (κ2) is 10.7. The molecule has 37 heavy (non-hydrogen) atoms. The zero-order chi connectivity index (χ0) is 25.9. The van der Waals surface area contributed by atoms with Gasteiger partial charge in [-0.2, -0.15) is 0 Å². The summed E-state index contributed by atoms with van der Waals surface area (Å²) in [7, 11) is 0. The molecular formula is C30H27BrFN3O2. The highest BCUT2D eigenvalue weighted by Gasteiger charge is 2.37. The molecular weight excluding hydrogens is 533 g/mol. The van der Waals surface area contributed by atoms with E-state index < -0.39 is 6.04 Å². The number of hydrogen-bond donors (Lipinski definition) is 0. The molecule has 188 valence electrons. The second-order valence-corrected chi connectivity index (χ2v) is 10.0. The Hall–Kier alpha value is -3.71. The fraction of sp³-hybridized carbons (Fsp3) is 0.200. The summed E-state index contributed by atoms with van der Waals surface area (Å²) in [6.45, 7) is 2.47. The Morgan fingerprint density at radius 3 is 2.32 bits per heavy atom. The maximum atomic E-state index is 14.1. The number of halogens is 2. The zero-order valence-electron chi connectivity index (χ0n) is 20.5. The summed E-state index contributed by atoms with van der Waals surface area (Å²) >= 11 is 3.41. The largest absolute Gasteiger partial charge is 0.329 e. The van der Waals surface area contributed by atoms with Gasteiger partial charge in [0.05, 0.1) is 17.1 Å². The molecule has 5 rings (SSSR count). The Kier molecular flexibility index (Phi) is 7.24. The first kappa shape index (κ1) is 25.0. The lowest BCUT2D eigenvalue weighted by Gasteiger charge is -2.39. The van der Waals surface area contributed by atoms with Crippen molar-refractivity contribution >= 4 is 33.4 Å². The van der Waals surface area contributed by atoms with Crippen LogP contribution in [0.3, 0.4) is 0 Å². The molecule has 1 atom stereocenters. The van der Waals surface area contributed by atoms with Gasteiger partial charge in [0, 0.05) is 22.8 Å². The first-order valence-electron chi connectivity index (χ1n) is 12.4. The summed E-state index contributed by atoms with van der Waals surface area (Å²) in [5.74, 6) is -0.712. The minimum atomic E-state index is -0.464. The number of rotatable bonds is 7. The maximum Gasteiger partial charge on any atom is 0.254 e. The fourth-order valence-electron chi connectivity index (χ4n) is 4.84. The van der Waals surface area contributed by atoms with Gasteiger partial charge in [0.1, 0.15) is 18.4 Å². The Labute approximate surface area is 224 Å². The van der Waals surface area contributed by atoms with Crippen LogP contribution < -0.4 is 4.90 Å². The van der Waals surface area contributed by atoms with Crippen LogP contribution in [0.25, 0.3) is 5.69 Å². The number of carbonyl (C=O) groups excluding carboxylic acids is 2. The second-order valence-electron chi connectivity index (χ2n) is 9.10. The van der Waals surface area contributed by atoms with Crippen LogP contribution in [0.15, 0.2) is 95.6 Å². The summed E-state index contributed by atoms with van der Waals surface area (Å²) in [6, 6.07) is 24.6. The number of carbonyl (C=O) groups is 2. The van der Waals surface area contributed by atoms with Crippen molar-refractivity contribution in [3.8, 4) is 5.69 Å². The van der Waals surface area contributed by atoms with E-state index in [0.29, 0.717) is 12.1 Å². The predicted molar refractivity (Wildman–Crippen MR) is 146 cm³/mol. The molecule has 0 bridgehead atoms. The van der Waals surface area contributed by atoms with Crippen molar-refractivity contribution in [2.45, 2.75) is 25.8 Å². The minimum Gasteiger partial charge on any atom is -0.329 e. The Balaban J connectivity index is 1.55. The molecule has 1 aromatic heterocycles. The number of unbranched alkanes of at least 4 members (excludes halogenated alkanes) is 1. The van der Waals surface area contributed by atoms with Gasteiger partial charge in [0.15, 0.2) is 0 Å². The Morgan fingerprint density at radius 1 is 0.919 bits per heavy atom. The average molecular weight is 560 g/mol. The van der Waals surface area contributed by atoms with Gasteiger partial charge in [-0.1, -0.05) is 53.5 Å². The summed E-state index contributed by atoms with van der Waals surface area (Å²) in [5.41, 5.74) is 3.86. The number of anilines is 1. The smallest absolute Gasteiger partial charge is 0.254 e. The molecule has 1 aliphatic heterocycles. The first-order valence-corrected chi connectivity index (χ1v) is 13.2. The summed E-state index contributed by atoms with van der Waals surface area (Å²) in [4.78, 5) is 31.0. The van der Waals surface area contributed by atoms with Crippen LogP contribution in [-0.2, 0) is 4.79 Å². The Morgan fingerprint density at radius 2 is 1.62 bits per heavy atom. The summed E-state index contributed by atoms with van der Waals surface area (Å²) in [5, 5.41) is 0. The topological polar surface area (TPSA) is 45.6 Å². The molecule has 0 aliphatic carbocycles. The lowest BCUT2D eigenvalue weighted by Crippen LogP contribution is -2.47. The van der Waals surface area contributed by atoms with Gasteiger partial charge in [-0.3, -0.25) is 14.5 Å². The molecule has 3 aromatic carbocycles. The highest BCUT2D eigenvalue weighted by molar-refractivity contribution is 9.10. The molecule has 4 aromatic rings. The molecule has 0 spiro atoms. The van der Waals surface area contributed by atoms with Crippen LogP contribution in [0.5, 0.6) is 0 Å². The standard InChI is InChI=1S/C30H27BrFN3O2/c1-2-3-18-33(30(37)22-10-14-23(31)15-11-22)20-28(36)35-26-8-5-4-7-25(26)34-19-6-9-27(34)29(35)21-12-16-24(32)17-13-21/h4-17,19,29H,2-3,18,20H2,1H3. The normalized spacial score (nSPS) is 14.1. The summed E-state index contributed by atoms with van der Waals surface area (Å²) < 4.78 is 16.8. The van der Waals surface area contributed by atoms with Gasteiger partial charge in [-0.25, -0.2) is 4.39 Å². The van der Waals surface area contributed by atoms with E-state index in [0.717, 1.165) is 39.9 Å². The van der Waals surface area contributed by atoms with Gasteiger partial charge in [0.2, 0.25) is 5.91 Å². The molecule has 0 fully saturated rings. The third-order valence-corrected chi connectivity index (χ3v) is 7.19. The van der Waals surface area contributed by atoms with E-state index in [1.807, 2.05) is 54.7 Å². The average Bonchev–Trinajstić information content (AvgIpc) is 3.41. The minimum absolute atomic E-state index is 0.0678. The van der Waals surface area contributed by atoms with Crippen molar-refractivity contribution in [2.24, 2.45) is 0 Å². The molecule has 5 nitrogen and oxygen atoms in total. The van der Waals surface area contributed by atoms with Gasteiger partial charge in [-0.05, 0) is 72.6 Å². The molecule has 2 amide bonds. The fourth-order valence-corrected chi connectivity index (χ4v) is 5.10. The van der Waals surface area contributed by atoms with E-state index in [1.54, 1.807) is 34.1 Å². The first-order chi connectivity index (χ1) is 18.0. The molecule has 0 saturated carbocycles. The molecule has 0 N–H and O–H groups in total. The van der Waals surface area contributed by atoms with E-state index in [-0.39, 0.29) is 24.2 Å². The van der Waals surface area contributed by atoms with E-state index in [1.165, 1.54) is 12.1 Å². The van der Waals surface area contributed by atoms with Crippen LogP contribution in [0, 0.1) is 5.82 Å². The SMILES string of the molecule is CCCCN(CC(=O)N1c2ccccc2-n2cccc2C1c1ccc(F)cc1)C(=O)c1ccc(Br)cc1. The maximum absolute atomic E-state index is 14.1. The van der Waals surface area contributed by atoms with Crippen LogP contribution >= 0.6 is 15.9 Å². The van der Waals surface area contributed by atoms with Crippen LogP contribution in [-0.4, -0.2) is 34.4 Å². The van der Waals surface area contributed by atoms with Gasteiger partial charge in [-0.15, -0.1) is 0 Å². The number of aromatic nitrogens is 1. The number of benzene rings is 3.